The molecule has 0 saturated carbocycles. The summed E-state index contributed by atoms with van der Waals surface area (Å²) in [5, 5.41) is 10.1. The Morgan fingerprint density at radius 2 is 2.25 bits per heavy atom. The Bertz CT molecular complexity index is 514. The maximum absolute atomic E-state index is 12.5. The van der Waals surface area contributed by atoms with Gasteiger partial charge < -0.3 is 15.7 Å². The van der Waals surface area contributed by atoms with Gasteiger partial charge in [0.25, 0.3) is 5.91 Å². The molecule has 1 aliphatic rings. The van der Waals surface area contributed by atoms with Crippen molar-refractivity contribution in [1.82, 2.24) is 14.9 Å². The van der Waals surface area contributed by atoms with Crippen molar-refractivity contribution in [3.8, 4) is 0 Å². The predicted molar refractivity (Wildman–Crippen MR) is 76.3 cm³/mol. The van der Waals surface area contributed by atoms with Gasteiger partial charge in [0, 0.05) is 19.0 Å². The summed E-state index contributed by atoms with van der Waals surface area (Å²) in [5.74, 6) is 0.504. The highest BCUT2D eigenvalue weighted by atomic mass is 16.3. The third-order valence-corrected chi connectivity index (χ3v) is 3.52. The highest BCUT2D eigenvalue weighted by Gasteiger charge is 2.32. The average molecular weight is 278 g/mol. The normalized spacial score (nSPS) is 23.1. The Kier molecular flexibility index (Phi) is 3.94. The second-order valence-corrected chi connectivity index (χ2v) is 6.01. The number of carbonyl (C=O) groups excluding carboxylic acids is 1. The maximum atomic E-state index is 12.5. The molecule has 0 aliphatic carbocycles. The van der Waals surface area contributed by atoms with Gasteiger partial charge in [0.05, 0.1) is 17.5 Å². The summed E-state index contributed by atoms with van der Waals surface area (Å²) in [7, 11) is 0. The molecule has 6 nitrogen and oxygen atoms in total. The summed E-state index contributed by atoms with van der Waals surface area (Å²) in [5.41, 5.74) is 5.51. The number of amides is 1. The zero-order valence-electron chi connectivity index (χ0n) is 12.3. The quantitative estimate of drug-likeness (QED) is 0.847. The average Bonchev–Trinajstić information content (AvgIpc) is 2.37. The highest BCUT2D eigenvalue weighted by Crippen LogP contribution is 2.23. The largest absolute Gasteiger partial charge is 0.396 e. The van der Waals surface area contributed by atoms with Gasteiger partial charge in [-0.2, -0.15) is 0 Å². The molecule has 2 rings (SSSR count). The van der Waals surface area contributed by atoms with Crippen LogP contribution in [0.1, 0.15) is 55.8 Å². The number of nitrogen functional groups attached to an aromatic ring is 1. The first-order chi connectivity index (χ1) is 9.30. The molecule has 110 valence electrons. The predicted octanol–water partition coefficient (Wildman–Crippen LogP) is 1.17. The van der Waals surface area contributed by atoms with E-state index in [2.05, 4.69) is 9.97 Å². The minimum Gasteiger partial charge on any atom is -0.396 e. The molecule has 1 amide bonds. The molecule has 1 aromatic heterocycles. The van der Waals surface area contributed by atoms with Gasteiger partial charge in [0.1, 0.15) is 5.82 Å². The van der Waals surface area contributed by atoms with Crippen LogP contribution in [0.4, 0.5) is 5.69 Å². The summed E-state index contributed by atoms with van der Waals surface area (Å²) in [4.78, 5) is 22.6. The minimum absolute atomic E-state index is 0.131. The molecule has 20 heavy (non-hydrogen) atoms. The molecule has 0 spiro atoms. The summed E-state index contributed by atoms with van der Waals surface area (Å²) >= 11 is 0. The van der Waals surface area contributed by atoms with Gasteiger partial charge >= 0.3 is 0 Å². The van der Waals surface area contributed by atoms with Crippen LogP contribution >= 0.6 is 0 Å². The van der Waals surface area contributed by atoms with Crippen LogP contribution in [0.15, 0.2) is 6.20 Å². The van der Waals surface area contributed by atoms with Gasteiger partial charge in [-0.05, 0) is 19.8 Å². The Balaban J connectivity index is 2.26. The van der Waals surface area contributed by atoms with Crippen molar-refractivity contribution in [2.75, 3.05) is 18.8 Å². The molecule has 0 aromatic carbocycles. The number of piperidine rings is 1. The van der Waals surface area contributed by atoms with Gasteiger partial charge in [-0.15, -0.1) is 0 Å². The molecule has 1 fully saturated rings. The Morgan fingerprint density at radius 1 is 1.55 bits per heavy atom. The summed E-state index contributed by atoms with van der Waals surface area (Å²) in [6.45, 7) is 6.61. The first-order valence-corrected chi connectivity index (χ1v) is 6.94. The highest BCUT2D eigenvalue weighted by molar-refractivity contribution is 5.97. The number of hydrogen-bond acceptors (Lipinski definition) is 5. The van der Waals surface area contributed by atoms with E-state index in [1.807, 2.05) is 13.8 Å². The van der Waals surface area contributed by atoms with Crippen LogP contribution in [-0.2, 0) is 0 Å². The molecule has 3 N–H and O–H groups in total. The summed E-state index contributed by atoms with van der Waals surface area (Å²) in [6, 6.07) is 0. The van der Waals surface area contributed by atoms with Crippen molar-refractivity contribution in [2.45, 2.75) is 45.1 Å². The lowest BCUT2D eigenvalue weighted by molar-refractivity contribution is -0.0109. The molecule has 1 atom stereocenters. The lowest BCUT2D eigenvalue weighted by Gasteiger charge is -2.36. The van der Waals surface area contributed by atoms with E-state index in [1.54, 1.807) is 11.8 Å². The van der Waals surface area contributed by atoms with E-state index >= 15 is 0 Å². The van der Waals surface area contributed by atoms with Gasteiger partial charge in [-0.25, -0.2) is 9.97 Å². The molecule has 6 heteroatoms. The number of aromatic nitrogens is 2. The van der Waals surface area contributed by atoms with Crippen molar-refractivity contribution in [1.29, 1.82) is 0 Å². The number of carbonyl (C=O) groups is 1. The third-order valence-electron chi connectivity index (χ3n) is 3.52. The second kappa shape index (κ2) is 5.36. The zero-order chi connectivity index (χ0) is 14.9. The van der Waals surface area contributed by atoms with Crippen LogP contribution in [-0.4, -0.2) is 44.6 Å². The van der Waals surface area contributed by atoms with Gasteiger partial charge in [0.2, 0.25) is 0 Å². The Morgan fingerprint density at radius 3 is 2.85 bits per heavy atom. The van der Waals surface area contributed by atoms with E-state index in [1.165, 1.54) is 6.20 Å². The van der Waals surface area contributed by atoms with Crippen molar-refractivity contribution >= 4 is 11.6 Å². The number of β-amino-alcohol motifs (C(OH)–C–C–N with tert-alkyl or cyclic N) is 1. The van der Waals surface area contributed by atoms with Crippen LogP contribution in [0.25, 0.3) is 0 Å². The molecule has 1 unspecified atom stereocenters. The van der Waals surface area contributed by atoms with Crippen LogP contribution in [0.3, 0.4) is 0 Å². The van der Waals surface area contributed by atoms with E-state index in [-0.39, 0.29) is 23.2 Å². The number of nitrogens with two attached hydrogens (primary N) is 1. The first-order valence-electron chi connectivity index (χ1n) is 6.94. The topological polar surface area (TPSA) is 92.3 Å². The monoisotopic (exact) mass is 278 g/mol. The van der Waals surface area contributed by atoms with E-state index < -0.39 is 5.60 Å². The van der Waals surface area contributed by atoms with Crippen LogP contribution in [0.2, 0.25) is 0 Å². The number of nitrogens with zero attached hydrogens (tertiary/aromatic N) is 3. The molecular weight excluding hydrogens is 256 g/mol. The van der Waals surface area contributed by atoms with Crippen molar-refractivity contribution < 1.29 is 9.90 Å². The Hall–Kier alpha value is -1.69. The second-order valence-electron chi connectivity index (χ2n) is 6.01. The zero-order valence-corrected chi connectivity index (χ0v) is 12.3. The van der Waals surface area contributed by atoms with Crippen molar-refractivity contribution in [3.63, 3.8) is 0 Å². The standard InChI is InChI=1S/C14H22N4O2/c1-9(2)12-16-7-10(15)11(17-12)13(19)18-6-4-5-14(3,20)8-18/h7,9,20H,4-6,8,15H2,1-3H3. The fourth-order valence-corrected chi connectivity index (χ4v) is 2.40. The summed E-state index contributed by atoms with van der Waals surface area (Å²) < 4.78 is 0. The number of likely N-dealkylation sites (tertiary alicyclic amines) is 1. The lowest BCUT2D eigenvalue weighted by atomic mass is 9.95. The lowest BCUT2D eigenvalue weighted by Crippen LogP contribution is -2.48. The number of hydrogen-bond donors (Lipinski definition) is 2. The molecule has 2 heterocycles. The van der Waals surface area contributed by atoms with Crippen LogP contribution < -0.4 is 5.73 Å². The van der Waals surface area contributed by atoms with Gasteiger partial charge in [-0.3, -0.25) is 4.79 Å². The molecule has 1 saturated heterocycles. The fraction of sp³-hybridized carbons (Fsp3) is 0.643. The first kappa shape index (κ1) is 14.7. The molecule has 0 radical (unpaired) electrons. The van der Waals surface area contributed by atoms with Crippen LogP contribution in [0, 0.1) is 0 Å². The molecule has 1 aliphatic heterocycles. The maximum Gasteiger partial charge on any atom is 0.274 e. The van der Waals surface area contributed by atoms with Crippen molar-refractivity contribution in [2.24, 2.45) is 0 Å². The Labute approximate surface area is 119 Å². The van der Waals surface area contributed by atoms with E-state index in [4.69, 9.17) is 5.73 Å². The minimum atomic E-state index is -0.837. The molecule has 1 aromatic rings. The van der Waals surface area contributed by atoms with Crippen molar-refractivity contribution in [3.05, 3.63) is 17.7 Å². The summed E-state index contributed by atoms with van der Waals surface area (Å²) in [6.07, 6.45) is 2.96. The number of aliphatic hydroxyl groups is 1. The SMILES string of the molecule is CC(C)c1ncc(N)c(C(=O)N2CCCC(C)(O)C2)n1. The van der Waals surface area contributed by atoms with Crippen LogP contribution in [0.5, 0.6) is 0 Å². The van der Waals surface area contributed by atoms with E-state index in [0.29, 0.717) is 25.3 Å². The molecular formula is C14H22N4O2. The van der Waals surface area contributed by atoms with Gasteiger partial charge in [-0.1, -0.05) is 13.8 Å². The fourth-order valence-electron chi connectivity index (χ4n) is 2.40. The molecule has 0 bridgehead atoms. The van der Waals surface area contributed by atoms with E-state index in [0.717, 1.165) is 6.42 Å². The smallest absolute Gasteiger partial charge is 0.274 e. The number of anilines is 1. The number of rotatable bonds is 2. The van der Waals surface area contributed by atoms with E-state index in [9.17, 15) is 9.90 Å². The third kappa shape index (κ3) is 3.07. The van der Waals surface area contributed by atoms with Gasteiger partial charge in [0.15, 0.2) is 5.69 Å².